The minimum Gasteiger partial charge on any atom is -0.405 e. The van der Waals surface area contributed by atoms with E-state index in [0.29, 0.717) is 17.3 Å². The third kappa shape index (κ3) is 6.51. The zero-order chi connectivity index (χ0) is 21.3. The lowest BCUT2D eigenvalue weighted by Gasteiger charge is -2.40. The quantitative estimate of drug-likeness (QED) is 0.318. The molecule has 0 aliphatic carbocycles. The van der Waals surface area contributed by atoms with Crippen molar-refractivity contribution in [3.63, 3.8) is 0 Å². The molecule has 0 heterocycles. The maximum Gasteiger partial charge on any atom is 0.115 e. The van der Waals surface area contributed by atoms with Crippen molar-refractivity contribution < 1.29 is 0 Å². The van der Waals surface area contributed by atoms with Crippen molar-refractivity contribution in [2.24, 2.45) is 17.6 Å². The lowest BCUT2D eigenvalue weighted by molar-refractivity contribution is 0.215. The summed E-state index contributed by atoms with van der Waals surface area (Å²) < 4.78 is 0. The highest BCUT2D eigenvalue weighted by atomic mass is 15.3. The Morgan fingerprint density at radius 1 is 1.21 bits per heavy atom. The number of anilines is 1. The molecule has 3 nitrogen and oxygen atoms in total. The molecular weight excluding hydrogens is 341 g/mol. The van der Waals surface area contributed by atoms with E-state index in [1.807, 2.05) is 6.08 Å². The molecule has 2 atom stereocenters. The van der Waals surface area contributed by atoms with Crippen LogP contribution in [0.25, 0.3) is 0 Å². The zero-order valence-corrected chi connectivity index (χ0v) is 18.8. The van der Waals surface area contributed by atoms with E-state index < -0.39 is 0 Å². The standard InChI is InChI=1S/C24H38BN3/c1-8-12-23(20(9-2)15-21(25)16-26)28(7)24(19(6)17(3)4)27-22-14-11-10-13-18(22)5/h10-17,19,24,27H,8-9,26H2,1-7H3/b20-15+,21-16+,23-12-/t19-,24?/m0/s1. The second kappa shape index (κ2) is 11.7. The highest BCUT2D eigenvalue weighted by Crippen LogP contribution is 2.29. The average molecular weight is 379 g/mol. The van der Waals surface area contributed by atoms with Crippen LogP contribution in [0.3, 0.4) is 0 Å². The molecule has 0 aliphatic rings. The molecule has 2 radical (unpaired) electrons. The molecule has 28 heavy (non-hydrogen) atoms. The summed E-state index contributed by atoms with van der Waals surface area (Å²) in [5.74, 6) is 0.972. The van der Waals surface area contributed by atoms with Gasteiger partial charge < -0.3 is 16.0 Å². The Hall–Kier alpha value is -2.10. The number of para-hydroxylation sites is 1. The maximum atomic E-state index is 6.01. The molecule has 3 N–H and O–H groups in total. The number of benzene rings is 1. The Balaban J connectivity index is 3.37. The van der Waals surface area contributed by atoms with Gasteiger partial charge in [-0.1, -0.05) is 70.4 Å². The van der Waals surface area contributed by atoms with Gasteiger partial charge in [0.15, 0.2) is 0 Å². The lowest BCUT2D eigenvalue weighted by atomic mass is 9.90. The summed E-state index contributed by atoms with van der Waals surface area (Å²) in [6.45, 7) is 13.3. The monoisotopic (exact) mass is 379 g/mol. The minimum absolute atomic E-state index is 0.150. The van der Waals surface area contributed by atoms with Crippen LogP contribution in [-0.4, -0.2) is 26.0 Å². The number of allylic oxidation sites excluding steroid dienone is 4. The number of hydrogen-bond acceptors (Lipinski definition) is 3. The Morgan fingerprint density at radius 3 is 2.36 bits per heavy atom. The van der Waals surface area contributed by atoms with Gasteiger partial charge in [0, 0.05) is 18.4 Å². The van der Waals surface area contributed by atoms with Gasteiger partial charge in [-0.15, -0.1) is 0 Å². The van der Waals surface area contributed by atoms with Crippen LogP contribution in [0.2, 0.25) is 0 Å². The first-order valence-electron chi connectivity index (χ1n) is 10.4. The van der Waals surface area contributed by atoms with Crippen LogP contribution < -0.4 is 11.1 Å². The van der Waals surface area contributed by atoms with E-state index in [1.165, 1.54) is 28.7 Å². The van der Waals surface area contributed by atoms with Gasteiger partial charge in [0.25, 0.3) is 0 Å². The SMILES string of the molecule is [B]C(=C/N)/C=C(CC)/C(=C/CC)N(C)C(Nc1ccccc1C)[C@@H](C)C(C)C. The van der Waals surface area contributed by atoms with Crippen LogP contribution in [-0.2, 0) is 0 Å². The summed E-state index contributed by atoms with van der Waals surface area (Å²) in [6, 6.07) is 8.46. The Bertz CT molecular complexity index is 704. The molecule has 0 spiro atoms. The van der Waals surface area contributed by atoms with E-state index in [-0.39, 0.29) is 6.17 Å². The normalized spacial score (nSPS) is 15.5. The Labute approximate surface area is 174 Å². The van der Waals surface area contributed by atoms with E-state index in [1.54, 1.807) is 0 Å². The number of aryl methyl sites for hydroxylation is 1. The van der Waals surface area contributed by atoms with Gasteiger partial charge in [-0.05, 0) is 55.0 Å². The van der Waals surface area contributed by atoms with Crippen molar-refractivity contribution in [3.8, 4) is 0 Å². The van der Waals surface area contributed by atoms with Gasteiger partial charge in [0.05, 0.1) is 0 Å². The number of nitrogens with zero attached hydrogens (tertiary/aromatic N) is 1. The van der Waals surface area contributed by atoms with E-state index >= 15 is 0 Å². The average Bonchev–Trinajstić information content (AvgIpc) is 2.68. The third-order valence-electron chi connectivity index (χ3n) is 5.44. The predicted octanol–water partition coefficient (Wildman–Crippen LogP) is 5.56. The fourth-order valence-electron chi connectivity index (χ4n) is 3.29. The van der Waals surface area contributed by atoms with Crippen molar-refractivity contribution >= 4 is 13.5 Å². The van der Waals surface area contributed by atoms with Gasteiger partial charge in [0.1, 0.15) is 14.0 Å². The summed E-state index contributed by atoms with van der Waals surface area (Å²) in [7, 11) is 8.18. The Kier molecular flexibility index (Phi) is 9.99. The van der Waals surface area contributed by atoms with Crippen LogP contribution >= 0.6 is 0 Å². The Morgan fingerprint density at radius 2 is 1.86 bits per heavy atom. The zero-order valence-electron chi connectivity index (χ0n) is 18.8. The lowest BCUT2D eigenvalue weighted by Crippen LogP contribution is -2.44. The summed E-state index contributed by atoms with van der Waals surface area (Å²) in [6.07, 6.45) is 7.71. The van der Waals surface area contributed by atoms with Crippen LogP contribution in [0.4, 0.5) is 5.69 Å². The fraction of sp³-hybridized carbons (Fsp3) is 0.500. The summed E-state index contributed by atoms with van der Waals surface area (Å²) >= 11 is 0. The van der Waals surface area contributed by atoms with Crippen LogP contribution in [0.1, 0.15) is 53.0 Å². The minimum atomic E-state index is 0.150. The molecule has 1 unspecified atom stereocenters. The first-order valence-corrected chi connectivity index (χ1v) is 10.4. The van der Waals surface area contributed by atoms with Crippen molar-refractivity contribution in [1.29, 1.82) is 0 Å². The smallest absolute Gasteiger partial charge is 0.115 e. The van der Waals surface area contributed by atoms with Crippen LogP contribution in [0, 0.1) is 18.8 Å². The van der Waals surface area contributed by atoms with Crippen molar-refractivity contribution in [3.05, 3.63) is 64.9 Å². The third-order valence-corrected chi connectivity index (χ3v) is 5.44. The summed E-state index contributed by atoms with van der Waals surface area (Å²) in [5.41, 5.74) is 11.0. The molecule has 0 fully saturated rings. The van der Waals surface area contributed by atoms with E-state index in [9.17, 15) is 0 Å². The molecule has 1 aromatic rings. The molecular formula is C24H38BN3. The summed E-state index contributed by atoms with van der Waals surface area (Å²) in [4.78, 5) is 2.36. The highest BCUT2D eigenvalue weighted by molar-refractivity contribution is 6.23. The van der Waals surface area contributed by atoms with Gasteiger partial charge in [-0.2, -0.15) is 0 Å². The van der Waals surface area contributed by atoms with E-state index in [2.05, 4.69) is 89.1 Å². The largest absolute Gasteiger partial charge is 0.405 e. The van der Waals surface area contributed by atoms with Gasteiger partial charge in [-0.25, -0.2) is 0 Å². The topological polar surface area (TPSA) is 41.3 Å². The van der Waals surface area contributed by atoms with Crippen molar-refractivity contribution in [2.45, 2.75) is 60.5 Å². The van der Waals surface area contributed by atoms with Crippen LogP contribution in [0.15, 0.2) is 59.4 Å². The molecule has 0 amide bonds. The number of rotatable bonds is 10. The van der Waals surface area contributed by atoms with Crippen molar-refractivity contribution in [1.82, 2.24) is 4.90 Å². The molecule has 152 valence electrons. The first kappa shape index (κ1) is 23.9. The molecule has 0 aliphatic heterocycles. The van der Waals surface area contributed by atoms with Gasteiger partial charge >= 0.3 is 0 Å². The van der Waals surface area contributed by atoms with E-state index in [0.717, 1.165) is 12.8 Å². The second-order valence-corrected chi connectivity index (χ2v) is 7.81. The molecule has 1 rings (SSSR count). The number of hydrogen-bond donors (Lipinski definition) is 2. The second-order valence-electron chi connectivity index (χ2n) is 7.81. The number of likely N-dealkylation sites (N-methyl/N-ethyl adjacent to an activating group) is 1. The fourth-order valence-corrected chi connectivity index (χ4v) is 3.29. The highest BCUT2D eigenvalue weighted by Gasteiger charge is 2.27. The maximum absolute atomic E-state index is 6.01. The first-order chi connectivity index (χ1) is 13.3. The molecule has 0 saturated heterocycles. The molecule has 0 saturated carbocycles. The molecule has 4 heteroatoms. The number of nitrogens with one attached hydrogen (secondary N) is 1. The van der Waals surface area contributed by atoms with Crippen LogP contribution in [0.5, 0.6) is 0 Å². The summed E-state index contributed by atoms with van der Waals surface area (Å²) in [5, 5.41) is 3.80. The molecule has 0 aromatic heterocycles. The van der Waals surface area contributed by atoms with Gasteiger partial charge in [-0.3, -0.25) is 0 Å². The van der Waals surface area contributed by atoms with Gasteiger partial charge in [0.2, 0.25) is 0 Å². The molecule has 0 bridgehead atoms. The molecule has 1 aromatic carbocycles. The predicted molar refractivity (Wildman–Crippen MR) is 125 cm³/mol. The number of nitrogens with two attached hydrogens (primary N) is 1. The van der Waals surface area contributed by atoms with Crippen molar-refractivity contribution in [2.75, 3.05) is 12.4 Å². The van der Waals surface area contributed by atoms with E-state index in [4.69, 9.17) is 13.6 Å².